The third-order valence-electron chi connectivity index (χ3n) is 2.92. The molecule has 1 atom stereocenters. The van der Waals surface area contributed by atoms with Crippen LogP contribution in [-0.2, 0) is 9.84 Å². The Morgan fingerprint density at radius 2 is 2.06 bits per heavy atom. The molecule has 1 aromatic carbocycles. The van der Waals surface area contributed by atoms with Gasteiger partial charge < -0.3 is 5.32 Å². The fraction of sp³-hybridized carbons (Fsp3) is 0.455. The maximum absolute atomic E-state index is 11.5. The number of nitrogens with zero attached hydrogens (tertiary/aromatic N) is 1. The number of nitro benzene ring substituents is 1. The highest BCUT2D eigenvalue weighted by molar-refractivity contribution is 7.91. The second kappa shape index (κ2) is 4.93. The number of sulfone groups is 1. The Morgan fingerprint density at radius 3 is 2.72 bits per heavy atom. The molecule has 1 unspecified atom stereocenters. The van der Waals surface area contributed by atoms with Crippen LogP contribution in [0.15, 0.2) is 24.3 Å². The van der Waals surface area contributed by atoms with E-state index in [1.165, 1.54) is 6.07 Å². The monoisotopic (exact) mass is 270 g/mol. The van der Waals surface area contributed by atoms with E-state index in [-0.39, 0.29) is 23.2 Å². The topological polar surface area (TPSA) is 89.3 Å². The molecule has 1 saturated heterocycles. The summed E-state index contributed by atoms with van der Waals surface area (Å²) in [6, 6.07) is 6.02. The van der Waals surface area contributed by atoms with Crippen molar-refractivity contribution < 1.29 is 13.3 Å². The summed E-state index contributed by atoms with van der Waals surface area (Å²) in [5.41, 5.74) is 0.352. The first-order valence-electron chi connectivity index (χ1n) is 5.68. The van der Waals surface area contributed by atoms with E-state index in [4.69, 9.17) is 0 Å². The lowest BCUT2D eigenvalue weighted by Gasteiger charge is -2.23. The van der Waals surface area contributed by atoms with Crippen LogP contribution in [0.25, 0.3) is 0 Å². The van der Waals surface area contributed by atoms with Crippen LogP contribution in [0, 0.1) is 10.1 Å². The van der Waals surface area contributed by atoms with Crippen molar-refractivity contribution >= 4 is 21.2 Å². The number of hydrogen-bond donors (Lipinski definition) is 1. The molecule has 0 saturated carbocycles. The largest absolute Gasteiger partial charge is 0.376 e. The molecule has 1 aliphatic rings. The Balaban J connectivity index is 2.17. The van der Waals surface area contributed by atoms with Gasteiger partial charge in [-0.3, -0.25) is 10.1 Å². The molecule has 2 rings (SSSR count). The van der Waals surface area contributed by atoms with E-state index in [0.29, 0.717) is 18.5 Å². The zero-order valence-corrected chi connectivity index (χ0v) is 10.5. The van der Waals surface area contributed by atoms with Crippen molar-refractivity contribution in [3.8, 4) is 0 Å². The molecule has 1 aromatic rings. The Bertz CT molecular complexity index is 556. The van der Waals surface area contributed by atoms with Crippen molar-refractivity contribution in [2.24, 2.45) is 0 Å². The van der Waals surface area contributed by atoms with Crippen LogP contribution in [0.4, 0.5) is 11.4 Å². The number of para-hydroxylation sites is 2. The predicted octanol–water partition coefficient (Wildman–Crippen LogP) is 1.58. The highest BCUT2D eigenvalue weighted by Gasteiger charge is 2.26. The van der Waals surface area contributed by atoms with E-state index in [1.54, 1.807) is 18.2 Å². The van der Waals surface area contributed by atoms with Crippen LogP contribution >= 0.6 is 0 Å². The van der Waals surface area contributed by atoms with Crippen LogP contribution in [0.5, 0.6) is 0 Å². The third-order valence-corrected chi connectivity index (χ3v) is 4.74. The number of anilines is 1. The van der Waals surface area contributed by atoms with E-state index in [0.717, 1.165) is 0 Å². The smallest absolute Gasteiger partial charge is 0.292 e. The SMILES string of the molecule is O=[N+]([O-])c1ccccc1NC1CCCS(=O)(=O)C1. The lowest BCUT2D eigenvalue weighted by Crippen LogP contribution is -2.34. The minimum Gasteiger partial charge on any atom is -0.376 e. The van der Waals surface area contributed by atoms with Gasteiger partial charge in [-0.15, -0.1) is 0 Å². The number of benzene rings is 1. The van der Waals surface area contributed by atoms with E-state index < -0.39 is 14.8 Å². The Morgan fingerprint density at radius 1 is 1.33 bits per heavy atom. The fourth-order valence-corrected chi connectivity index (χ4v) is 3.75. The number of nitro groups is 1. The van der Waals surface area contributed by atoms with Gasteiger partial charge in [-0.25, -0.2) is 8.42 Å². The molecule has 0 amide bonds. The molecule has 0 radical (unpaired) electrons. The normalized spacial score (nSPS) is 22.3. The summed E-state index contributed by atoms with van der Waals surface area (Å²) in [6.07, 6.45) is 1.31. The van der Waals surface area contributed by atoms with Crippen molar-refractivity contribution in [2.75, 3.05) is 16.8 Å². The van der Waals surface area contributed by atoms with Gasteiger partial charge in [0.05, 0.1) is 16.4 Å². The van der Waals surface area contributed by atoms with Gasteiger partial charge in [0.2, 0.25) is 0 Å². The first-order chi connectivity index (χ1) is 8.48. The molecule has 98 valence electrons. The third kappa shape index (κ3) is 2.98. The van der Waals surface area contributed by atoms with Gasteiger partial charge in [-0.1, -0.05) is 12.1 Å². The van der Waals surface area contributed by atoms with E-state index in [9.17, 15) is 18.5 Å². The van der Waals surface area contributed by atoms with Crippen LogP contribution < -0.4 is 5.32 Å². The number of rotatable bonds is 3. The Kier molecular flexibility index (Phi) is 3.51. The van der Waals surface area contributed by atoms with Crippen molar-refractivity contribution in [3.05, 3.63) is 34.4 Å². The highest BCUT2D eigenvalue weighted by atomic mass is 32.2. The summed E-state index contributed by atoms with van der Waals surface area (Å²) < 4.78 is 23.0. The summed E-state index contributed by atoms with van der Waals surface area (Å²) in [5, 5.41) is 13.8. The van der Waals surface area contributed by atoms with Crippen molar-refractivity contribution in [1.82, 2.24) is 0 Å². The van der Waals surface area contributed by atoms with E-state index >= 15 is 0 Å². The van der Waals surface area contributed by atoms with Gasteiger partial charge in [0.1, 0.15) is 5.69 Å². The molecule has 0 aromatic heterocycles. The second-order valence-corrected chi connectivity index (χ2v) is 6.60. The molecule has 1 N–H and O–H groups in total. The standard InChI is InChI=1S/C11H14N2O4S/c14-13(15)11-6-2-1-5-10(11)12-9-4-3-7-18(16,17)8-9/h1-2,5-6,9,12H,3-4,7-8H2. The molecule has 7 heteroatoms. The summed E-state index contributed by atoms with van der Waals surface area (Å²) >= 11 is 0. The maximum atomic E-state index is 11.5. The summed E-state index contributed by atoms with van der Waals surface area (Å²) in [5.74, 6) is 0.251. The van der Waals surface area contributed by atoms with Gasteiger partial charge in [-0.05, 0) is 18.9 Å². The van der Waals surface area contributed by atoms with Crippen LogP contribution in [0.3, 0.4) is 0 Å². The van der Waals surface area contributed by atoms with Crippen LogP contribution in [-0.4, -0.2) is 30.9 Å². The Labute approximate surface area is 105 Å². The Hall–Kier alpha value is -1.63. The molecule has 1 aliphatic heterocycles. The van der Waals surface area contributed by atoms with Gasteiger partial charge in [0.15, 0.2) is 9.84 Å². The minimum absolute atomic E-state index is 0.0273. The zero-order valence-electron chi connectivity index (χ0n) is 9.70. The lowest BCUT2D eigenvalue weighted by molar-refractivity contribution is -0.384. The average Bonchev–Trinajstić information content (AvgIpc) is 2.28. The molecular weight excluding hydrogens is 256 g/mol. The van der Waals surface area contributed by atoms with Gasteiger partial charge >= 0.3 is 0 Å². The molecule has 6 nitrogen and oxygen atoms in total. The summed E-state index contributed by atoms with van der Waals surface area (Å²) in [6.45, 7) is 0. The van der Waals surface area contributed by atoms with Crippen LogP contribution in [0.1, 0.15) is 12.8 Å². The number of nitrogens with one attached hydrogen (secondary N) is 1. The van der Waals surface area contributed by atoms with Crippen molar-refractivity contribution in [2.45, 2.75) is 18.9 Å². The minimum atomic E-state index is -3.02. The van der Waals surface area contributed by atoms with Crippen molar-refractivity contribution in [3.63, 3.8) is 0 Å². The lowest BCUT2D eigenvalue weighted by atomic mass is 10.1. The predicted molar refractivity (Wildman–Crippen MR) is 68.4 cm³/mol. The quantitative estimate of drug-likeness (QED) is 0.665. The summed E-state index contributed by atoms with van der Waals surface area (Å²) in [4.78, 5) is 10.4. The molecule has 0 bridgehead atoms. The average molecular weight is 270 g/mol. The molecular formula is C11H14N2O4S. The molecule has 1 heterocycles. The van der Waals surface area contributed by atoms with Gasteiger partial charge in [0, 0.05) is 12.1 Å². The molecule has 1 fully saturated rings. The highest BCUT2D eigenvalue weighted by Crippen LogP contribution is 2.26. The second-order valence-electron chi connectivity index (χ2n) is 4.37. The first-order valence-corrected chi connectivity index (χ1v) is 7.50. The number of hydrogen-bond acceptors (Lipinski definition) is 5. The van der Waals surface area contributed by atoms with Gasteiger partial charge in [0.25, 0.3) is 5.69 Å². The van der Waals surface area contributed by atoms with Crippen LogP contribution in [0.2, 0.25) is 0 Å². The summed E-state index contributed by atoms with van der Waals surface area (Å²) in [7, 11) is -3.02. The molecule has 0 aliphatic carbocycles. The van der Waals surface area contributed by atoms with Crippen molar-refractivity contribution in [1.29, 1.82) is 0 Å². The first kappa shape index (κ1) is 12.8. The molecule has 18 heavy (non-hydrogen) atoms. The maximum Gasteiger partial charge on any atom is 0.292 e. The van der Waals surface area contributed by atoms with E-state index in [1.807, 2.05) is 0 Å². The van der Waals surface area contributed by atoms with E-state index in [2.05, 4.69) is 5.32 Å². The fourth-order valence-electron chi connectivity index (χ4n) is 2.11. The van der Waals surface area contributed by atoms with Gasteiger partial charge in [-0.2, -0.15) is 0 Å². The molecule has 0 spiro atoms. The zero-order chi connectivity index (χ0) is 13.2.